The summed E-state index contributed by atoms with van der Waals surface area (Å²) in [4.78, 5) is 22.2. The number of aromatic nitrogens is 1. The molecule has 0 bridgehead atoms. The molecule has 9 heteroatoms. The van der Waals surface area contributed by atoms with Crippen LogP contribution in [-0.2, 0) is 6.42 Å². The van der Waals surface area contributed by atoms with Crippen molar-refractivity contribution in [3.05, 3.63) is 90.1 Å². The first-order valence-corrected chi connectivity index (χ1v) is 12.7. The van der Waals surface area contributed by atoms with Crippen LogP contribution in [0.2, 0.25) is 0 Å². The van der Waals surface area contributed by atoms with Crippen molar-refractivity contribution in [1.29, 1.82) is 0 Å². The van der Waals surface area contributed by atoms with Crippen LogP contribution in [0.25, 0.3) is 10.9 Å². The van der Waals surface area contributed by atoms with E-state index in [1.54, 1.807) is 7.11 Å². The standard InChI is InChI=1S/C30H33N5O2.2ClH/c1-22-13-14-25-26(31-22)10-6-11-28(25)35-19-17-34(18-20-35)16-15-23-7-5-8-24(21-23)32-30(36)33-27-9-3-4-12-29(27)37-2;;/h3-14,21H,15-20H2,1-2H3,(H2,32,33,36);2*1H. The van der Waals surface area contributed by atoms with Crippen LogP contribution in [-0.4, -0.2) is 55.7 Å². The van der Waals surface area contributed by atoms with Gasteiger partial charge in [0, 0.05) is 55.2 Å². The van der Waals surface area contributed by atoms with Crippen molar-refractivity contribution in [2.24, 2.45) is 0 Å². The molecule has 39 heavy (non-hydrogen) atoms. The third-order valence-corrected chi connectivity index (χ3v) is 6.82. The van der Waals surface area contributed by atoms with Gasteiger partial charge in [-0.2, -0.15) is 0 Å². The monoisotopic (exact) mass is 567 g/mol. The number of methoxy groups -OCH3 is 1. The lowest BCUT2D eigenvalue weighted by Gasteiger charge is -2.36. The van der Waals surface area contributed by atoms with E-state index in [-0.39, 0.29) is 30.8 Å². The van der Waals surface area contributed by atoms with Crippen LogP contribution in [0.1, 0.15) is 11.3 Å². The lowest BCUT2D eigenvalue weighted by atomic mass is 10.1. The molecule has 1 saturated heterocycles. The average molecular weight is 569 g/mol. The number of rotatable bonds is 7. The zero-order valence-corrected chi connectivity index (χ0v) is 23.9. The number of ether oxygens (including phenoxy) is 1. The number of carbonyl (C=O) groups excluding carboxylic acids is 1. The number of urea groups is 1. The fourth-order valence-electron chi connectivity index (χ4n) is 4.85. The smallest absolute Gasteiger partial charge is 0.323 e. The maximum Gasteiger partial charge on any atom is 0.323 e. The molecular formula is C30H35Cl2N5O2. The molecule has 0 saturated carbocycles. The molecular weight excluding hydrogens is 533 g/mol. The van der Waals surface area contributed by atoms with Crippen molar-refractivity contribution in [2.45, 2.75) is 13.3 Å². The highest BCUT2D eigenvalue weighted by Crippen LogP contribution is 2.27. The van der Waals surface area contributed by atoms with E-state index < -0.39 is 0 Å². The van der Waals surface area contributed by atoms with Gasteiger partial charge in [0.25, 0.3) is 0 Å². The maximum atomic E-state index is 12.5. The largest absolute Gasteiger partial charge is 0.495 e. The van der Waals surface area contributed by atoms with Gasteiger partial charge in [0.2, 0.25) is 0 Å². The maximum absolute atomic E-state index is 12.5. The predicted molar refractivity (Wildman–Crippen MR) is 165 cm³/mol. The van der Waals surface area contributed by atoms with Gasteiger partial charge in [0.05, 0.1) is 18.3 Å². The number of amides is 2. The molecule has 206 valence electrons. The Morgan fingerprint density at radius 3 is 2.46 bits per heavy atom. The zero-order chi connectivity index (χ0) is 25.6. The summed E-state index contributed by atoms with van der Waals surface area (Å²) in [6, 6.07) is 25.8. The Morgan fingerprint density at radius 1 is 0.897 bits per heavy atom. The number of aryl methyl sites for hydroxylation is 1. The molecule has 0 atom stereocenters. The van der Waals surface area contributed by atoms with Crippen molar-refractivity contribution >= 4 is 58.8 Å². The van der Waals surface area contributed by atoms with Crippen LogP contribution in [0.4, 0.5) is 21.9 Å². The first-order chi connectivity index (χ1) is 18.1. The highest BCUT2D eigenvalue weighted by Gasteiger charge is 2.19. The van der Waals surface area contributed by atoms with Gasteiger partial charge < -0.3 is 20.3 Å². The quantitative estimate of drug-likeness (QED) is 0.270. The van der Waals surface area contributed by atoms with E-state index in [2.05, 4.69) is 61.8 Å². The second kappa shape index (κ2) is 14.0. The van der Waals surface area contributed by atoms with Gasteiger partial charge in [-0.25, -0.2) is 4.79 Å². The number of piperazine rings is 1. The molecule has 1 aromatic heterocycles. The minimum atomic E-state index is -0.295. The number of benzene rings is 3. The number of carbonyl (C=O) groups is 1. The molecule has 0 radical (unpaired) electrons. The molecule has 0 unspecified atom stereocenters. The van der Waals surface area contributed by atoms with E-state index in [9.17, 15) is 4.79 Å². The molecule has 4 aromatic rings. The lowest BCUT2D eigenvalue weighted by molar-refractivity contribution is 0.261. The molecule has 1 aliphatic rings. The summed E-state index contributed by atoms with van der Waals surface area (Å²) in [7, 11) is 1.59. The van der Waals surface area contributed by atoms with Crippen LogP contribution in [0.3, 0.4) is 0 Å². The summed E-state index contributed by atoms with van der Waals surface area (Å²) in [5.74, 6) is 0.624. The van der Waals surface area contributed by atoms with Gasteiger partial charge in [-0.15, -0.1) is 24.8 Å². The molecule has 3 aromatic carbocycles. The summed E-state index contributed by atoms with van der Waals surface area (Å²) < 4.78 is 5.31. The Balaban J connectivity index is 0.00000210. The van der Waals surface area contributed by atoms with Crippen LogP contribution in [0, 0.1) is 6.92 Å². The molecule has 0 aliphatic carbocycles. The van der Waals surface area contributed by atoms with Crippen LogP contribution in [0.15, 0.2) is 78.9 Å². The molecule has 5 rings (SSSR count). The number of hydrogen-bond acceptors (Lipinski definition) is 5. The van der Waals surface area contributed by atoms with Gasteiger partial charge in [0.15, 0.2) is 0 Å². The minimum Gasteiger partial charge on any atom is -0.495 e. The number of pyridine rings is 1. The first-order valence-electron chi connectivity index (χ1n) is 12.7. The van der Waals surface area contributed by atoms with E-state index >= 15 is 0 Å². The third-order valence-electron chi connectivity index (χ3n) is 6.82. The summed E-state index contributed by atoms with van der Waals surface area (Å²) in [5.41, 5.74) is 5.99. The van der Waals surface area contributed by atoms with E-state index in [4.69, 9.17) is 4.74 Å². The van der Waals surface area contributed by atoms with E-state index in [0.717, 1.165) is 56.0 Å². The van der Waals surface area contributed by atoms with Crippen molar-refractivity contribution in [3.8, 4) is 5.75 Å². The summed E-state index contributed by atoms with van der Waals surface area (Å²) >= 11 is 0. The molecule has 2 N–H and O–H groups in total. The lowest BCUT2D eigenvalue weighted by Crippen LogP contribution is -2.47. The van der Waals surface area contributed by atoms with Crippen LogP contribution >= 0.6 is 24.8 Å². The summed E-state index contributed by atoms with van der Waals surface area (Å²) in [6.45, 7) is 7.06. The fraction of sp³-hybridized carbons (Fsp3) is 0.267. The molecule has 2 amide bonds. The number of hydrogen-bond donors (Lipinski definition) is 2. The summed E-state index contributed by atoms with van der Waals surface area (Å²) in [5, 5.41) is 7.01. The van der Waals surface area contributed by atoms with Gasteiger partial charge >= 0.3 is 6.03 Å². The topological polar surface area (TPSA) is 69.7 Å². The predicted octanol–water partition coefficient (Wildman–Crippen LogP) is 6.40. The Labute approximate surface area is 242 Å². The highest BCUT2D eigenvalue weighted by molar-refractivity contribution is 6.00. The van der Waals surface area contributed by atoms with Crippen molar-refractivity contribution < 1.29 is 9.53 Å². The average Bonchev–Trinajstić information content (AvgIpc) is 2.92. The molecule has 1 fully saturated rings. The SMILES string of the molecule is COc1ccccc1NC(=O)Nc1cccc(CCN2CCN(c3cccc4nc(C)ccc34)CC2)c1.Cl.Cl. The normalized spacial score (nSPS) is 13.2. The Morgan fingerprint density at radius 2 is 1.67 bits per heavy atom. The number of anilines is 3. The van der Waals surface area contributed by atoms with Crippen molar-refractivity contribution in [1.82, 2.24) is 9.88 Å². The van der Waals surface area contributed by atoms with Crippen LogP contribution < -0.4 is 20.3 Å². The van der Waals surface area contributed by atoms with Gasteiger partial charge in [0.1, 0.15) is 5.75 Å². The first kappa shape index (κ1) is 30.0. The van der Waals surface area contributed by atoms with Crippen LogP contribution in [0.5, 0.6) is 5.75 Å². The van der Waals surface area contributed by atoms with Gasteiger partial charge in [-0.3, -0.25) is 9.88 Å². The molecule has 0 spiro atoms. The Hall–Kier alpha value is -3.52. The van der Waals surface area contributed by atoms with Gasteiger partial charge in [-0.05, 0) is 67.4 Å². The number of nitrogens with one attached hydrogen (secondary N) is 2. The van der Waals surface area contributed by atoms with Crippen molar-refractivity contribution in [2.75, 3.05) is 55.4 Å². The number of para-hydroxylation sites is 2. The minimum absolute atomic E-state index is 0. The van der Waals surface area contributed by atoms with E-state index in [0.29, 0.717) is 11.4 Å². The Bertz CT molecular complexity index is 1390. The molecule has 7 nitrogen and oxygen atoms in total. The zero-order valence-electron chi connectivity index (χ0n) is 22.2. The Kier molecular flexibility index (Phi) is 10.8. The number of halogens is 2. The van der Waals surface area contributed by atoms with E-state index in [1.165, 1.54) is 16.6 Å². The fourth-order valence-corrected chi connectivity index (χ4v) is 4.85. The second-order valence-electron chi connectivity index (χ2n) is 9.35. The summed E-state index contributed by atoms with van der Waals surface area (Å²) in [6.07, 6.45) is 0.932. The highest BCUT2D eigenvalue weighted by atomic mass is 35.5. The molecule has 1 aliphatic heterocycles. The number of fused-ring (bicyclic) bond motifs is 1. The van der Waals surface area contributed by atoms with E-state index in [1.807, 2.05) is 49.4 Å². The number of nitrogens with zero attached hydrogens (tertiary/aromatic N) is 3. The van der Waals surface area contributed by atoms with Gasteiger partial charge in [-0.1, -0.05) is 30.3 Å². The van der Waals surface area contributed by atoms with Crippen molar-refractivity contribution in [3.63, 3.8) is 0 Å². The molecule has 2 heterocycles. The second-order valence-corrected chi connectivity index (χ2v) is 9.35. The third kappa shape index (κ3) is 7.53.